The van der Waals surface area contributed by atoms with Crippen LogP contribution in [0, 0.1) is 17.9 Å². The van der Waals surface area contributed by atoms with Crippen LogP contribution in [-0.4, -0.2) is 50.3 Å². The lowest BCUT2D eigenvalue weighted by atomic mass is 9.94. The molecule has 0 saturated heterocycles. The minimum absolute atomic E-state index is 0.0423. The van der Waals surface area contributed by atoms with Gasteiger partial charge in [0.2, 0.25) is 0 Å². The number of benzene rings is 1. The largest absolute Gasteiger partial charge is 0.465 e. The second-order valence-electron chi connectivity index (χ2n) is 10.7. The highest BCUT2D eigenvalue weighted by Gasteiger charge is 2.32. The third-order valence-electron chi connectivity index (χ3n) is 6.90. The maximum atomic E-state index is 12.9. The van der Waals surface area contributed by atoms with Crippen LogP contribution >= 0.6 is 0 Å². The third-order valence-corrected chi connectivity index (χ3v) is 6.90. The summed E-state index contributed by atoms with van der Waals surface area (Å²) in [6.45, 7) is 9.24. The third kappa shape index (κ3) is 15.9. The fourth-order valence-corrected chi connectivity index (χ4v) is 4.30. The highest BCUT2D eigenvalue weighted by molar-refractivity contribution is 5.96. The summed E-state index contributed by atoms with van der Waals surface area (Å²) >= 11 is 0. The van der Waals surface area contributed by atoms with E-state index in [1.54, 1.807) is 18.2 Å². The van der Waals surface area contributed by atoms with Gasteiger partial charge in [-0.05, 0) is 55.7 Å². The molecule has 0 aliphatic heterocycles. The number of carbonyl (C=O) groups excluding carboxylic acids is 4. The number of hydrogen-bond acceptors (Lipinski definition) is 8. The van der Waals surface area contributed by atoms with E-state index < -0.39 is 35.7 Å². The molecule has 8 nitrogen and oxygen atoms in total. The molecule has 1 rings (SSSR count). The summed E-state index contributed by atoms with van der Waals surface area (Å²) in [5.74, 6) is -4.67. The number of esters is 4. The molecule has 0 spiro atoms. The van der Waals surface area contributed by atoms with E-state index in [4.69, 9.17) is 18.9 Å². The molecule has 0 heterocycles. The van der Waals surface area contributed by atoms with Gasteiger partial charge in [-0.15, -0.1) is 0 Å². The monoisotopic (exact) mass is 589 g/mol. The lowest BCUT2D eigenvalue weighted by Gasteiger charge is -2.17. The molecular formula is C34H53O8. The molecule has 0 amide bonds. The topological polar surface area (TPSA) is 105 Å². The van der Waals surface area contributed by atoms with Gasteiger partial charge < -0.3 is 18.9 Å². The van der Waals surface area contributed by atoms with Crippen molar-refractivity contribution >= 4 is 23.9 Å². The quantitative estimate of drug-likeness (QED) is 0.0565. The average molecular weight is 590 g/mol. The Bertz CT molecular complexity index is 795. The van der Waals surface area contributed by atoms with Gasteiger partial charge in [0.15, 0.2) is 11.8 Å². The van der Waals surface area contributed by atoms with Gasteiger partial charge in [-0.3, -0.25) is 19.2 Å². The molecule has 0 aromatic heterocycles. The highest BCUT2D eigenvalue weighted by atomic mass is 16.6. The number of hydrogen-bond donors (Lipinski definition) is 0. The van der Waals surface area contributed by atoms with E-state index >= 15 is 0 Å². The first kappa shape index (κ1) is 37.1. The minimum atomic E-state index is -1.12. The first-order valence-electron chi connectivity index (χ1n) is 16.0. The van der Waals surface area contributed by atoms with Gasteiger partial charge in [0, 0.05) is 0 Å². The molecular weight excluding hydrogens is 536 g/mol. The van der Waals surface area contributed by atoms with Crippen molar-refractivity contribution in [2.45, 2.75) is 118 Å². The molecule has 0 atom stereocenters. The fraction of sp³-hybridized carbons (Fsp3) is 0.706. The van der Waals surface area contributed by atoms with Crippen molar-refractivity contribution in [3.8, 4) is 0 Å². The Balaban J connectivity index is 3.03. The molecule has 8 heteroatoms. The van der Waals surface area contributed by atoms with Crippen molar-refractivity contribution < 1.29 is 38.1 Å². The highest BCUT2D eigenvalue weighted by Crippen LogP contribution is 2.19. The SMILES string of the molecule is CCCCCOC(=O)C(Cc1[c]ccc(CC(C(=O)OCCCCC)C(=O)OCCCCC)c1)C(=O)OCCCCC. The normalized spacial score (nSPS) is 11.0. The summed E-state index contributed by atoms with van der Waals surface area (Å²) in [6.07, 6.45) is 10.7. The summed E-state index contributed by atoms with van der Waals surface area (Å²) < 4.78 is 21.7. The number of ether oxygens (including phenoxy) is 4. The van der Waals surface area contributed by atoms with E-state index in [0.29, 0.717) is 11.1 Å². The lowest BCUT2D eigenvalue weighted by Crippen LogP contribution is -2.31. The van der Waals surface area contributed by atoms with Crippen LogP contribution in [0.3, 0.4) is 0 Å². The molecule has 0 aliphatic carbocycles. The van der Waals surface area contributed by atoms with Crippen LogP contribution in [0.4, 0.5) is 0 Å². The van der Waals surface area contributed by atoms with Crippen molar-refractivity contribution in [1.29, 1.82) is 0 Å². The van der Waals surface area contributed by atoms with Crippen molar-refractivity contribution in [3.05, 3.63) is 35.4 Å². The van der Waals surface area contributed by atoms with Crippen LogP contribution in [0.2, 0.25) is 0 Å². The van der Waals surface area contributed by atoms with E-state index in [1.807, 2.05) is 0 Å². The van der Waals surface area contributed by atoms with E-state index in [-0.39, 0.29) is 39.3 Å². The average Bonchev–Trinajstić information content (AvgIpc) is 2.99. The Hall–Kier alpha value is -2.90. The van der Waals surface area contributed by atoms with Crippen LogP contribution in [0.5, 0.6) is 0 Å². The standard InChI is InChI=1S/C34H53O8/c1-5-9-13-20-39-31(35)29(32(36)40-21-14-10-6-2)25-27-18-17-19-28(24-27)26-30(33(37)41-22-15-11-7-3)34(38)42-23-16-12-8-4/h17-18,24,29-30H,5-16,20-23,25-26H2,1-4H3. The molecule has 0 saturated carbocycles. The van der Waals surface area contributed by atoms with Crippen molar-refractivity contribution in [3.63, 3.8) is 0 Å². The van der Waals surface area contributed by atoms with E-state index in [2.05, 4.69) is 33.8 Å². The van der Waals surface area contributed by atoms with Crippen LogP contribution < -0.4 is 0 Å². The number of carbonyl (C=O) groups is 4. The summed E-state index contributed by atoms with van der Waals surface area (Å²) in [5, 5.41) is 0. The van der Waals surface area contributed by atoms with Crippen LogP contribution in [0.25, 0.3) is 0 Å². The number of rotatable bonds is 24. The Morgan fingerprint density at radius 1 is 0.571 bits per heavy atom. The zero-order valence-electron chi connectivity index (χ0n) is 26.4. The van der Waals surface area contributed by atoms with E-state index in [9.17, 15) is 19.2 Å². The summed E-state index contributed by atoms with van der Waals surface area (Å²) in [4.78, 5) is 51.7. The maximum Gasteiger partial charge on any atom is 0.320 e. The van der Waals surface area contributed by atoms with Crippen molar-refractivity contribution in [1.82, 2.24) is 0 Å². The van der Waals surface area contributed by atoms with Gasteiger partial charge >= 0.3 is 23.9 Å². The van der Waals surface area contributed by atoms with Crippen LogP contribution in [-0.2, 0) is 51.0 Å². The smallest absolute Gasteiger partial charge is 0.320 e. The molecule has 1 radical (unpaired) electrons. The summed E-state index contributed by atoms with van der Waals surface area (Å²) in [5.41, 5.74) is 1.26. The summed E-state index contributed by atoms with van der Waals surface area (Å²) in [7, 11) is 0. The zero-order valence-corrected chi connectivity index (χ0v) is 26.4. The molecule has 0 aliphatic rings. The van der Waals surface area contributed by atoms with E-state index in [0.717, 1.165) is 77.0 Å². The second kappa shape index (κ2) is 23.6. The Morgan fingerprint density at radius 2 is 0.929 bits per heavy atom. The van der Waals surface area contributed by atoms with Gasteiger partial charge in [-0.25, -0.2) is 0 Å². The number of unbranched alkanes of at least 4 members (excludes halogenated alkanes) is 8. The van der Waals surface area contributed by atoms with Crippen LogP contribution in [0.15, 0.2) is 18.2 Å². The van der Waals surface area contributed by atoms with Crippen molar-refractivity contribution in [2.75, 3.05) is 26.4 Å². The van der Waals surface area contributed by atoms with Gasteiger partial charge in [0.05, 0.1) is 26.4 Å². The van der Waals surface area contributed by atoms with Gasteiger partial charge in [0.25, 0.3) is 0 Å². The molecule has 0 N–H and O–H groups in total. The van der Waals surface area contributed by atoms with Crippen LogP contribution in [0.1, 0.15) is 116 Å². The van der Waals surface area contributed by atoms with Gasteiger partial charge in [0.1, 0.15) is 0 Å². The molecule has 1 aromatic rings. The Morgan fingerprint density at radius 3 is 1.29 bits per heavy atom. The predicted octanol–water partition coefficient (Wildman–Crippen LogP) is 6.74. The summed E-state index contributed by atoms with van der Waals surface area (Å²) in [6, 6.07) is 8.26. The first-order valence-corrected chi connectivity index (χ1v) is 16.0. The fourth-order valence-electron chi connectivity index (χ4n) is 4.30. The molecule has 237 valence electrons. The predicted molar refractivity (Wildman–Crippen MR) is 162 cm³/mol. The van der Waals surface area contributed by atoms with Crippen molar-refractivity contribution in [2.24, 2.45) is 11.8 Å². The van der Waals surface area contributed by atoms with E-state index in [1.165, 1.54) is 0 Å². The molecule has 0 bridgehead atoms. The van der Waals surface area contributed by atoms with Gasteiger partial charge in [-0.1, -0.05) is 97.3 Å². The Kier molecular flexibility index (Phi) is 20.9. The molecule has 1 aromatic carbocycles. The zero-order chi connectivity index (χ0) is 31.0. The molecule has 0 unspecified atom stereocenters. The lowest BCUT2D eigenvalue weighted by molar-refractivity contribution is -0.164. The molecule has 42 heavy (non-hydrogen) atoms. The maximum absolute atomic E-state index is 12.9. The van der Waals surface area contributed by atoms with Gasteiger partial charge in [-0.2, -0.15) is 0 Å². The molecule has 0 fully saturated rings. The minimum Gasteiger partial charge on any atom is -0.465 e. The first-order chi connectivity index (χ1) is 20.4. The Labute approximate surface area is 253 Å². The second-order valence-corrected chi connectivity index (χ2v) is 10.7.